The topological polar surface area (TPSA) is 83.4 Å². The normalized spacial score (nSPS) is 14.4. The third-order valence-electron chi connectivity index (χ3n) is 4.92. The first kappa shape index (κ1) is 23.1. The fourth-order valence-corrected chi connectivity index (χ4v) is 4.34. The Bertz CT molecular complexity index is 887. The Balaban J connectivity index is 1.70. The van der Waals surface area contributed by atoms with E-state index in [0.717, 1.165) is 37.6 Å². The molecule has 0 saturated carbocycles. The molecule has 1 aromatic heterocycles. The van der Waals surface area contributed by atoms with Gasteiger partial charge in [-0.2, -0.15) is 0 Å². The van der Waals surface area contributed by atoms with Crippen molar-refractivity contribution < 1.29 is 9.59 Å². The second-order valence-corrected chi connectivity index (χ2v) is 9.78. The highest BCUT2D eigenvalue weighted by atomic mass is 32.2. The molecule has 3 rings (SSSR count). The summed E-state index contributed by atoms with van der Waals surface area (Å²) in [6.07, 6.45) is 3.52. The molecular formula is C22H32N6O2S. The van der Waals surface area contributed by atoms with E-state index in [1.165, 1.54) is 23.1 Å². The number of aromatic nitrogens is 3. The van der Waals surface area contributed by atoms with Crippen LogP contribution in [0, 0.1) is 0 Å². The van der Waals surface area contributed by atoms with E-state index in [1.807, 2.05) is 55.7 Å². The van der Waals surface area contributed by atoms with Gasteiger partial charge in [0.05, 0.1) is 18.0 Å². The molecule has 2 heterocycles. The molecule has 1 aliphatic heterocycles. The standard InChI is InChI=1S/C22H32N6O2S/c1-22(2,3)23-18(29)15-26(4)19(30)16-31-21-25-24-20(27-13-9-6-10-14-27)28(21)17-11-7-5-8-12-17/h5,7-8,11-12H,6,9-10,13-16H2,1-4H3,(H,23,29). The van der Waals surface area contributed by atoms with Crippen LogP contribution in [-0.2, 0) is 9.59 Å². The first-order chi connectivity index (χ1) is 14.7. The van der Waals surface area contributed by atoms with Crippen LogP contribution in [0.3, 0.4) is 0 Å². The molecule has 2 amide bonds. The highest BCUT2D eigenvalue weighted by molar-refractivity contribution is 7.99. The van der Waals surface area contributed by atoms with Crippen molar-refractivity contribution in [1.29, 1.82) is 0 Å². The van der Waals surface area contributed by atoms with Crippen LogP contribution in [0.25, 0.3) is 5.69 Å². The van der Waals surface area contributed by atoms with Gasteiger partial charge in [0.2, 0.25) is 17.8 Å². The van der Waals surface area contributed by atoms with Gasteiger partial charge >= 0.3 is 0 Å². The number of hydrogen-bond acceptors (Lipinski definition) is 6. The number of nitrogens with zero attached hydrogens (tertiary/aromatic N) is 5. The minimum atomic E-state index is -0.327. The second-order valence-electron chi connectivity index (χ2n) is 8.84. The Labute approximate surface area is 188 Å². The van der Waals surface area contributed by atoms with Crippen molar-refractivity contribution in [1.82, 2.24) is 25.0 Å². The van der Waals surface area contributed by atoms with Crippen LogP contribution in [0.1, 0.15) is 40.0 Å². The third kappa shape index (κ3) is 6.46. The third-order valence-corrected chi connectivity index (χ3v) is 5.83. The summed E-state index contributed by atoms with van der Waals surface area (Å²) in [6, 6.07) is 9.98. The molecule has 0 bridgehead atoms. The van der Waals surface area contributed by atoms with E-state index in [0.29, 0.717) is 5.16 Å². The number of hydrogen-bond donors (Lipinski definition) is 1. The summed E-state index contributed by atoms with van der Waals surface area (Å²) in [5.74, 6) is 0.702. The maximum atomic E-state index is 12.6. The number of nitrogens with one attached hydrogen (secondary N) is 1. The molecule has 0 radical (unpaired) electrons. The van der Waals surface area contributed by atoms with Gasteiger partial charge in [-0.25, -0.2) is 0 Å². The van der Waals surface area contributed by atoms with Crippen molar-refractivity contribution in [2.75, 3.05) is 37.3 Å². The van der Waals surface area contributed by atoms with E-state index in [2.05, 4.69) is 20.4 Å². The molecule has 0 aliphatic carbocycles. The molecule has 168 valence electrons. The highest BCUT2D eigenvalue weighted by Gasteiger charge is 2.23. The van der Waals surface area contributed by atoms with Crippen molar-refractivity contribution in [3.8, 4) is 5.69 Å². The molecule has 1 aliphatic rings. The Hall–Kier alpha value is -2.55. The zero-order valence-corrected chi connectivity index (χ0v) is 19.6. The van der Waals surface area contributed by atoms with Gasteiger partial charge in [0, 0.05) is 25.7 Å². The highest BCUT2D eigenvalue weighted by Crippen LogP contribution is 2.28. The molecule has 1 fully saturated rings. The van der Waals surface area contributed by atoms with E-state index >= 15 is 0 Å². The number of para-hydroxylation sites is 1. The largest absolute Gasteiger partial charge is 0.350 e. The molecule has 0 spiro atoms. The number of rotatable bonds is 7. The summed E-state index contributed by atoms with van der Waals surface area (Å²) in [5, 5.41) is 12.4. The van der Waals surface area contributed by atoms with Crippen molar-refractivity contribution in [2.45, 2.75) is 50.7 Å². The molecule has 9 heteroatoms. The van der Waals surface area contributed by atoms with Crippen LogP contribution < -0.4 is 10.2 Å². The number of thioether (sulfide) groups is 1. The lowest BCUT2D eigenvalue weighted by molar-refractivity contribution is -0.133. The lowest BCUT2D eigenvalue weighted by atomic mass is 10.1. The summed E-state index contributed by atoms with van der Waals surface area (Å²) in [5.41, 5.74) is 0.646. The van der Waals surface area contributed by atoms with E-state index in [9.17, 15) is 9.59 Å². The predicted molar refractivity (Wildman–Crippen MR) is 124 cm³/mol. The molecule has 1 aromatic carbocycles. The average Bonchev–Trinajstić information content (AvgIpc) is 3.15. The first-order valence-electron chi connectivity index (χ1n) is 10.7. The first-order valence-corrected chi connectivity index (χ1v) is 11.7. The van der Waals surface area contributed by atoms with Crippen molar-refractivity contribution in [2.24, 2.45) is 0 Å². The Morgan fingerprint density at radius 2 is 1.77 bits per heavy atom. The van der Waals surface area contributed by atoms with Crippen molar-refractivity contribution in [3.05, 3.63) is 30.3 Å². The van der Waals surface area contributed by atoms with Crippen LogP contribution in [-0.4, -0.2) is 69.5 Å². The number of carbonyl (C=O) groups is 2. The van der Waals surface area contributed by atoms with Crippen LogP contribution >= 0.6 is 11.8 Å². The Kier molecular flexibility index (Phi) is 7.59. The smallest absolute Gasteiger partial charge is 0.240 e. The van der Waals surface area contributed by atoms with E-state index < -0.39 is 0 Å². The second kappa shape index (κ2) is 10.2. The maximum Gasteiger partial charge on any atom is 0.240 e. The van der Waals surface area contributed by atoms with Gasteiger partial charge in [0.1, 0.15) is 0 Å². The lowest BCUT2D eigenvalue weighted by Gasteiger charge is -2.27. The predicted octanol–water partition coefficient (Wildman–Crippen LogP) is 2.72. The fraction of sp³-hybridized carbons (Fsp3) is 0.545. The number of anilines is 1. The monoisotopic (exact) mass is 444 g/mol. The minimum absolute atomic E-state index is 0.0288. The fourth-order valence-electron chi connectivity index (χ4n) is 3.46. The van der Waals surface area contributed by atoms with Crippen LogP contribution in [0.15, 0.2) is 35.5 Å². The summed E-state index contributed by atoms with van der Waals surface area (Å²) in [7, 11) is 1.65. The summed E-state index contributed by atoms with van der Waals surface area (Å²) < 4.78 is 2.02. The molecule has 2 aromatic rings. The number of likely N-dealkylation sites (N-methyl/N-ethyl adjacent to an activating group) is 1. The molecule has 0 atom stereocenters. The van der Waals surface area contributed by atoms with Crippen molar-refractivity contribution >= 4 is 29.5 Å². The van der Waals surface area contributed by atoms with E-state index in [1.54, 1.807) is 7.05 Å². The number of benzene rings is 1. The minimum Gasteiger partial charge on any atom is -0.350 e. The Morgan fingerprint density at radius 3 is 2.42 bits per heavy atom. The van der Waals surface area contributed by atoms with Crippen LogP contribution in [0.2, 0.25) is 0 Å². The number of piperidine rings is 1. The van der Waals surface area contributed by atoms with Gasteiger partial charge in [-0.05, 0) is 52.2 Å². The molecule has 0 unspecified atom stereocenters. The summed E-state index contributed by atoms with van der Waals surface area (Å²) in [6.45, 7) is 7.69. The molecule has 8 nitrogen and oxygen atoms in total. The SMILES string of the molecule is CN(CC(=O)NC(C)(C)C)C(=O)CSc1nnc(N2CCCCC2)n1-c1ccccc1. The zero-order chi connectivity index (χ0) is 22.4. The zero-order valence-electron chi connectivity index (χ0n) is 18.8. The number of carbonyl (C=O) groups excluding carboxylic acids is 2. The average molecular weight is 445 g/mol. The van der Waals surface area contributed by atoms with E-state index in [4.69, 9.17) is 0 Å². The molecule has 1 saturated heterocycles. The lowest BCUT2D eigenvalue weighted by Crippen LogP contribution is -2.46. The van der Waals surface area contributed by atoms with Gasteiger partial charge < -0.3 is 15.1 Å². The number of amides is 2. The van der Waals surface area contributed by atoms with Crippen LogP contribution in [0.4, 0.5) is 5.95 Å². The van der Waals surface area contributed by atoms with Gasteiger partial charge in [-0.1, -0.05) is 30.0 Å². The van der Waals surface area contributed by atoms with E-state index in [-0.39, 0.29) is 29.7 Å². The molecule has 31 heavy (non-hydrogen) atoms. The molecule has 1 N–H and O–H groups in total. The Morgan fingerprint density at radius 1 is 1.10 bits per heavy atom. The van der Waals surface area contributed by atoms with Gasteiger partial charge in [-0.15, -0.1) is 10.2 Å². The van der Waals surface area contributed by atoms with Crippen molar-refractivity contribution in [3.63, 3.8) is 0 Å². The van der Waals surface area contributed by atoms with Gasteiger partial charge in [0.25, 0.3) is 0 Å². The van der Waals surface area contributed by atoms with Gasteiger partial charge in [0.15, 0.2) is 5.16 Å². The summed E-state index contributed by atoms with van der Waals surface area (Å²) in [4.78, 5) is 28.5. The van der Waals surface area contributed by atoms with Crippen LogP contribution in [0.5, 0.6) is 0 Å². The summed E-state index contributed by atoms with van der Waals surface area (Å²) >= 11 is 1.34. The molecular weight excluding hydrogens is 412 g/mol. The quantitative estimate of drug-likeness (QED) is 0.661. The van der Waals surface area contributed by atoms with Gasteiger partial charge in [-0.3, -0.25) is 14.2 Å². The maximum absolute atomic E-state index is 12.6.